The molecule has 144 valence electrons. The third kappa shape index (κ3) is 3.63. The summed E-state index contributed by atoms with van der Waals surface area (Å²) < 4.78 is 32.9. The van der Waals surface area contributed by atoms with Gasteiger partial charge in [-0.1, -0.05) is 12.1 Å². The molecule has 0 unspecified atom stereocenters. The largest absolute Gasteiger partial charge is 0.508 e. The van der Waals surface area contributed by atoms with Crippen molar-refractivity contribution in [1.82, 2.24) is 0 Å². The molecule has 0 saturated carbocycles. The van der Waals surface area contributed by atoms with Crippen molar-refractivity contribution in [3.05, 3.63) is 69.8 Å². The van der Waals surface area contributed by atoms with Crippen molar-refractivity contribution >= 4 is 38.2 Å². The number of carbonyl (C=O) groups excluding carboxylic acids is 1. The van der Waals surface area contributed by atoms with Crippen LogP contribution in [0, 0.1) is 17.0 Å². The van der Waals surface area contributed by atoms with E-state index in [1.165, 1.54) is 49.4 Å². The summed E-state index contributed by atoms with van der Waals surface area (Å²) in [6, 6.07) is 10.5. The van der Waals surface area contributed by atoms with E-state index in [1.807, 2.05) is 0 Å². The number of fused-ring (bicyclic) bond motifs is 1. The molecule has 3 aromatic carbocycles. The van der Waals surface area contributed by atoms with Gasteiger partial charge in [0.05, 0.1) is 10.6 Å². The van der Waals surface area contributed by atoms with Crippen LogP contribution in [0.25, 0.3) is 10.8 Å². The standard InChI is InChI=1S/C18H14N2O7S/c1-10-7-12(5-6-15(10)20(23)24)18(22)19-14-4-2-3-11-8-13(21)9-16(17(11)14)28(25,26)27/h2-9,21H,1H3,(H,19,22)(H,25,26,27). The Kier molecular flexibility index (Phi) is 4.75. The summed E-state index contributed by atoms with van der Waals surface area (Å²) in [4.78, 5) is 22.4. The van der Waals surface area contributed by atoms with E-state index >= 15 is 0 Å². The number of anilines is 1. The Labute approximate surface area is 159 Å². The number of hydrogen-bond acceptors (Lipinski definition) is 6. The summed E-state index contributed by atoms with van der Waals surface area (Å²) in [5.74, 6) is -0.991. The van der Waals surface area contributed by atoms with Crippen LogP contribution in [0.5, 0.6) is 5.75 Å². The van der Waals surface area contributed by atoms with E-state index in [-0.39, 0.29) is 33.5 Å². The quantitative estimate of drug-likeness (QED) is 0.345. The van der Waals surface area contributed by atoms with Crippen LogP contribution in [-0.2, 0) is 10.1 Å². The van der Waals surface area contributed by atoms with Crippen molar-refractivity contribution in [3.8, 4) is 5.75 Å². The number of phenols is 1. The van der Waals surface area contributed by atoms with Gasteiger partial charge >= 0.3 is 0 Å². The predicted octanol–water partition coefficient (Wildman–Crippen LogP) is 3.26. The van der Waals surface area contributed by atoms with Gasteiger partial charge in [-0.25, -0.2) is 0 Å². The Morgan fingerprint density at radius 1 is 1.14 bits per heavy atom. The number of hydrogen-bond donors (Lipinski definition) is 3. The molecule has 0 heterocycles. The summed E-state index contributed by atoms with van der Waals surface area (Å²) in [5, 5.41) is 23.5. The summed E-state index contributed by atoms with van der Waals surface area (Å²) >= 11 is 0. The topological polar surface area (TPSA) is 147 Å². The molecule has 0 aliphatic rings. The second-order valence-corrected chi connectivity index (χ2v) is 7.43. The maximum atomic E-state index is 12.6. The van der Waals surface area contributed by atoms with Gasteiger partial charge in [-0.3, -0.25) is 19.5 Å². The van der Waals surface area contributed by atoms with Crippen molar-refractivity contribution in [2.45, 2.75) is 11.8 Å². The molecule has 0 aliphatic carbocycles. The Bertz CT molecular complexity index is 1240. The maximum Gasteiger partial charge on any atom is 0.295 e. The first kappa shape index (κ1) is 19.3. The smallest absolute Gasteiger partial charge is 0.295 e. The molecule has 1 amide bonds. The zero-order chi connectivity index (χ0) is 20.6. The number of phenolic OH excluding ortho intramolecular Hbond substituents is 1. The van der Waals surface area contributed by atoms with Gasteiger partial charge in [0.25, 0.3) is 21.7 Å². The fourth-order valence-corrected chi connectivity index (χ4v) is 3.63. The maximum absolute atomic E-state index is 12.6. The van der Waals surface area contributed by atoms with Gasteiger partial charge in [0.2, 0.25) is 0 Å². The number of nitro groups is 1. The Balaban J connectivity index is 2.09. The molecule has 0 aromatic heterocycles. The second-order valence-electron chi connectivity index (χ2n) is 6.04. The average Bonchev–Trinajstić information content (AvgIpc) is 2.59. The van der Waals surface area contributed by atoms with Gasteiger partial charge in [-0.05, 0) is 36.6 Å². The highest BCUT2D eigenvalue weighted by molar-refractivity contribution is 7.86. The van der Waals surface area contributed by atoms with Gasteiger partial charge in [0.1, 0.15) is 10.6 Å². The molecule has 28 heavy (non-hydrogen) atoms. The molecule has 0 atom stereocenters. The fraction of sp³-hybridized carbons (Fsp3) is 0.0556. The monoisotopic (exact) mass is 402 g/mol. The van der Waals surface area contributed by atoms with Crippen molar-refractivity contribution in [2.24, 2.45) is 0 Å². The van der Waals surface area contributed by atoms with Crippen molar-refractivity contribution in [1.29, 1.82) is 0 Å². The molecule has 10 heteroatoms. The number of aromatic hydroxyl groups is 1. The molecular formula is C18H14N2O7S. The van der Waals surface area contributed by atoms with Gasteiger partial charge in [-0.2, -0.15) is 8.42 Å². The Hall–Kier alpha value is -3.50. The first-order chi connectivity index (χ1) is 13.1. The third-order valence-corrected chi connectivity index (χ3v) is 4.99. The minimum Gasteiger partial charge on any atom is -0.508 e. The van der Waals surface area contributed by atoms with Crippen molar-refractivity contribution in [2.75, 3.05) is 5.32 Å². The number of benzene rings is 3. The van der Waals surface area contributed by atoms with E-state index in [2.05, 4.69) is 5.32 Å². The van der Waals surface area contributed by atoms with Crippen LogP contribution in [0.4, 0.5) is 11.4 Å². The highest BCUT2D eigenvalue weighted by Gasteiger charge is 2.20. The predicted molar refractivity (Wildman–Crippen MR) is 101 cm³/mol. The molecular weight excluding hydrogens is 388 g/mol. The number of rotatable bonds is 4. The van der Waals surface area contributed by atoms with Crippen molar-refractivity contribution < 1.29 is 27.8 Å². The van der Waals surface area contributed by atoms with E-state index in [0.29, 0.717) is 5.56 Å². The van der Waals surface area contributed by atoms with Crippen LogP contribution in [-0.4, -0.2) is 28.9 Å². The lowest BCUT2D eigenvalue weighted by molar-refractivity contribution is -0.385. The molecule has 3 N–H and O–H groups in total. The molecule has 0 bridgehead atoms. The zero-order valence-electron chi connectivity index (χ0n) is 14.4. The lowest BCUT2D eigenvalue weighted by Crippen LogP contribution is -2.13. The van der Waals surface area contributed by atoms with Gasteiger partial charge in [0, 0.05) is 28.6 Å². The highest BCUT2D eigenvalue weighted by Crippen LogP contribution is 2.34. The molecule has 0 aliphatic heterocycles. The molecule has 3 aromatic rings. The molecule has 0 fully saturated rings. The summed E-state index contributed by atoms with van der Waals surface area (Å²) in [5.41, 5.74) is 0.378. The summed E-state index contributed by atoms with van der Waals surface area (Å²) in [7, 11) is -4.68. The van der Waals surface area contributed by atoms with Crippen LogP contribution in [0.15, 0.2) is 53.4 Å². The average molecular weight is 402 g/mol. The number of carbonyl (C=O) groups is 1. The van der Waals surface area contributed by atoms with Crippen LogP contribution >= 0.6 is 0 Å². The zero-order valence-corrected chi connectivity index (χ0v) is 15.2. The van der Waals surface area contributed by atoms with Crippen molar-refractivity contribution in [3.63, 3.8) is 0 Å². The SMILES string of the molecule is Cc1cc(C(=O)Nc2cccc3cc(O)cc(S(=O)(=O)O)c23)ccc1[N+](=O)[O-]. The second kappa shape index (κ2) is 6.91. The lowest BCUT2D eigenvalue weighted by Gasteiger charge is -2.12. The Morgan fingerprint density at radius 2 is 1.86 bits per heavy atom. The lowest BCUT2D eigenvalue weighted by atomic mass is 10.1. The number of aryl methyl sites for hydroxylation is 1. The van der Waals surface area contributed by atoms with Crippen LogP contribution in [0.1, 0.15) is 15.9 Å². The molecule has 0 spiro atoms. The molecule has 9 nitrogen and oxygen atoms in total. The minimum atomic E-state index is -4.68. The van der Waals surface area contributed by atoms with E-state index in [1.54, 1.807) is 0 Å². The number of amides is 1. The summed E-state index contributed by atoms with van der Waals surface area (Å²) in [6.07, 6.45) is 0. The van der Waals surface area contributed by atoms with Gasteiger partial charge in [-0.15, -0.1) is 0 Å². The first-order valence-electron chi connectivity index (χ1n) is 7.87. The van der Waals surface area contributed by atoms with Gasteiger partial charge < -0.3 is 10.4 Å². The van der Waals surface area contributed by atoms with E-state index in [9.17, 15) is 33.0 Å². The normalized spacial score (nSPS) is 11.4. The van der Waals surface area contributed by atoms with Gasteiger partial charge in [0.15, 0.2) is 0 Å². The Morgan fingerprint density at radius 3 is 2.46 bits per heavy atom. The van der Waals surface area contributed by atoms with Crippen LogP contribution in [0.2, 0.25) is 0 Å². The fourth-order valence-electron chi connectivity index (χ4n) is 2.88. The molecule has 3 rings (SSSR count). The number of nitrogens with zero attached hydrogens (tertiary/aromatic N) is 1. The summed E-state index contributed by atoms with van der Waals surface area (Å²) in [6.45, 7) is 1.49. The van der Waals surface area contributed by atoms with Crippen LogP contribution in [0.3, 0.4) is 0 Å². The highest BCUT2D eigenvalue weighted by atomic mass is 32.2. The molecule has 0 saturated heterocycles. The van der Waals surface area contributed by atoms with Crippen LogP contribution < -0.4 is 5.32 Å². The molecule has 0 radical (unpaired) electrons. The first-order valence-corrected chi connectivity index (χ1v) is 9.31. The van der Waals surface area contributed by atoms with E-state index in [4.69, 9.17) is 0 Å². The minimum absolute atomic E-state index is 0.0229. The third-order valence-electron chi connectivity index (χ3n) is 4.11. The number of nitro benzene ring substituents is 1. The van der Waals surface area contributed by atoms with E-state index < -0.39 is 25.8 Å². The van der Waals surface area contributed by atoms with E-state index in [0.717, 1.165) is 6.07 Å². The number of nitrogens with one attached hydrogen (secondary N) is 1.